The maximum atomic E-state index is 12.6. The molecule has 0 radical (unpaired) electrons. The topological polar surface area (TPSA) is 88.6 Å². The molecule has 0 saturated heterocycles. The number of benzene rings is 2. The summed E-state index contributed by atoms with van der Waals surface area (Å²) in [5.41, 5.74) is 9.96. The van der Waals surface area contributed by atoms with Gasteiger partial charge in [0.15, 0.2) is 0 Å². The molecule has 4 rings (SSSR count). The first-order chi connectivity index (χ1) is 13.5. The standard InChI is InChI=1S/C22H23N3O3/c1-14-16(18-6-2-3-8-20(18)28-14)9-11-24-22(27)25-12-10-17-15(13-25)5-4-7-19(17)21(23)26/h2-8H,9-13H2,1H3,(H2,23,26)(H,24,27). The smallest absolute Gasteiger partial charge is 0.317 e. The molecular formula is C22H23N3O3. The number of nitrogens with one attached hydrogen (secondary N) is 1. The van der Waals surface area contributed by atoms with Gasteiger partial charge in [-0.2, -0.15) is 0 Å². The van der Waals surface area contributed by atoms with Gasteiger partial charge in [0.05, 0.1) is 0 Å². The first kappa shape index (κ1) is 18.1. The van der Waals surface area contributed by atoms with Gasteiger partial charge >= 0.3 is 6.03 Å². The third kappa shape index (κ3) is 3.33. The molecule has 1 aliphatic heterocycles. The molecule has 3 amide bonds. The zero-order valence-electron chi connectivity index (χ0n) is 15.8. The first-order valence-electron chi connectivity index (χ1n) is 9.45. The third-order valence-electron chi connectivity index (χ3n) is 5.37. The Hall–Kier alpha value is -3.28. The maximum Gasteiger partial charge on any atom is 0.317 e. The van der Waals surface area contributed by atoms with Crippen LogP contribution in [0.2, 0.25) is 0 Å². The van der Waals surface area contributed by atoms with Crippen molar-refractivity contribution in [2.45, 2.75) is 26.3 Å². The van der Waals surface area contributed by atoms with E-state index in [2.05, 4.69) is 5.32 Å². The molecule has 0 unspecified atom stereocenters. The predicted molar refractivity (Wildman–Crippen MR) is 107 cm³/mol. The minimum absolute atomic E-state index is 0.0967. The SMILES string of the molecule is Cc1oc2ccccc2c1CCNC(=O)N1CCc2c(cccc2C(N)=O)C1. The Kier molecular flexibility index (Phi) is 4.77. The van der Waals surface area contributed by atoms with Gasteiger partial charge in [-0.1, -0.05) is 30.3 Å². The van der Waals surface area contributed by atoms with Crippen molar-refractivity contribution in [3.63, 3.8) is 0 Å². The Morgan fingerprint density at radius 1 is 1.18 bits per heavy atom. The molecular weight excluding hydrogens is 354 g/mol. The van der Waals surface area contributed by atoms with E-state index >= 15 is 0 Å². The number of urea groups is 1. The van der Waals surface area contributed by atoms with E-state index < -0.39 is 5.91 Å². The first-order valence-corrected chi connectivity index (χ1v) is 9.45. The van der Waals surface area contributed by atoms with Crippen molar-refractivity contribution >= 4 is 22.9 Å². The second-order valence-corrected chi connectivity index (χ2v) is 7.09. The molecule has 0 atom stereocenters. The van der Waals surface area contributed by atoms with Crippen LogP contribution in [-0.4, -0.2) is 29.9 Å². The average Bonchev–Trinajstić information content (AvgIpc) is 3.02. The number of rotatable bonds is 4. The largest absolute Gasteiger partial charge is 0.461 e. The van der Waals surface area contributed by atoms with Gasteiger partial charge in [0.2, 0.25) is 5.91 Å². The van der Waals surface area contributed by atoms with Crippen LogP contribution in [-0.2, 0) is 19.4 Å². The van der Waals surface area contributed by atoms with Gasteiger partial charge in [0.25, 0.3) is 0 Å². The number of hydrogen-bond donors (Lipinski definition) is 2. The number of hydrogen-bond acceptors (Lipinski definition) is 3. The summed E-state index contributed by atoms with van der Waals surface area (Å²) < 4.78 is 5.78. The summed E-state index contributed by atoms with van der Waals surface area (Å²) in [7, 11) is 0. The number of primary amides is 1. The fourth-order valence-corrected chi connectivity index (χ4v) is 3.95. The highest BCUT2D eigenvalue weighted by Crippen LogP contribution is 2.25. The van der Waals surface area contributed by atoms with Crippen LogP contribution in [0.15, 0.2) is 46.9 Å². The molecule has 144 valence electrons. The number of nitrogens with two attached hydrogens (primary N) is 1. The van der Waals surface area contributed by atoms with E-state index in [9.17, 15) is 9.59 Å². The van der Waals surface area contributed by atoms with E-state index in [0.717, 1.165) is 33.4 Å². The van der Waals surface area contributed by atoms with Crippen LogP contribution in [0.3, 0.4) is 0 Å². The molecule has 0 bridgehead atoms. The van der Waals surface area contributed by atoms with Crippen LogP contribution in [0.1, 0.15) is 32.8 Å². The third-order valence-corrected chi connectivity index (χ3v) is 5.37. The molecule has 0 fully saturated rings. The van der Waals surface area contributed by atoms with Gasteiger partial charge in [-0.05, 0) is 43.0 Å². The molecule has 3 N–H and O–H groups in total. The lowest BCUT2D eigenvalue weighted by Gasteiger charge is -2.29. The number of furan rings is 1. The summed E-state index contributed by atoms with van der Waals surface area (Å²) >= 11 is 0. The highest BCUT2D eigenvalue weighted by atomic mass is 16.3. The number of carbonyl (C=O) groups excluding carboxylic acids is 2. The zero-order valence-corrected chi connectivity index (χ0v) is 15.8. The van der Waals surface area contributed by atoms with Crippen molar-refractivity contribution < 1.29 is 14.0 Å². The van der Waals surface area contributed by atoms with Crippen molar-refractivity contribution in [3.8, 4) is 0 Å². The van der Waals surface area contributed by atoms with Crippen molar-refractivity contribution in [2.24, 2.45) is 5.73 Å². The summed E-state index contributed by atoms with van der Waals surface area (Å²) in [6, 6.07) is 13.3. The van der Waals surface area contributed by atoms with Crippen molar-refractivity contribution in [3.05, 3.63) is 70.5 Å². The van der Waals surface area contributed by atoms with Gasteiger partial charge in [0, 0.05) is 36.1 Å². The van der Waals surface area contributed by atoms with E-state index in [1.807, 2.05) is 43.3 Å². The van der Waals surface area contributed by atoms with Crippen LogP contribution in [0.4, 0.5) is 4.79 Å². The molecule has 28 heavy (non-hydrogen) atoms. The van der Waals surface area contributed by atoms with Crippen LogP contribution in [0, 0.1) is 6.92 Å². The fourth-order valence-electron chi connectivity index (χ4n) is 3.95. The lowest BCUT2D eigenvalue weighted by Crippen LogP contribution is -2.43. The number of fused-ring (bicyclic) bond motifs is 2. The molecule has 0 saturated carbocycles. The molecule has 2 aromatic carbocycles. The molecule has 6 nitrogen and oxygen atoms in total. The normalized spacial score (nSPS) is 13.4. The maximum absolute atomic E-state index is 12.6. The predicted octanol–water partition coefficient (Wildman–Crippen LogP) is 3.15. The number of amides is 3. The monoisotopic (exact) mass is 377 g/mol. The Morgan fingerprint density at radius 2 is 2.00 bits per heavy atom. The summed E-state index contributed by atoms with van der Waals surface area (Å²) in [6.07, 6.45) is 1.35. The van der Waals surface area contributed by atoms with Crippen LogP contribution < -0.4 is 11.1 Å². The number of nitrogens with zero attached hydrogens (tertiary/aromatic N) is 1. The Labute approximate surface area is 163 Å². The summed E-state index contributed by atoms with van der Waals surface area (Å²) in [5, 5.41) is 4.10. The number of carbonyl (C=O) groups is 2. The highest BCUT2D eigenvalue weighted by Gasteiger charge is 2.23. The molecule has 0 spiro atoms. The number of aryl methyl sites for hydroxylation is 1. The summed E-state index contributed by atoms with van der Waals surface area (Å²) in [4.78, 5) is 26.0. The number of para-hydroxylation sites is 1. The average molecular weight is 377 g/mol. The molecule has 6 heteroatoms. The molecule has 1 aliphatic rings. The lowest BCUT2D eigenvalue weighted by molar-refractivity contribution is 0.0999. The Balaban J connectivity index is 1.39. The Morgan fingerprint density at radius 3 is 2.82 bits per heavy atom. The zero-order chi connectivity index (χ0) is 19.7. The second-order valence-electron chi connectivity index (χ2n) is 7.09. The molecule has 1 aromatic heterocycles. The van der Waals surface area contributed by atoms with Gasteiger partial charge in [-0.3, -0.25) is 4.79 Å². The molecule has 3 aromatic rings. The van der Waals surface area contributed by atoms with Gasteiger partial charge < -0.3 is 20.4 Å². The van der Waals surface area contributed by atoms with Crippen LogP contribution in [0.25, 0.3) is 11.0 Å². The quantitative estimate of drug-likeness (QED) is 0.732. The minimum atomic E-state index is -0.419. The van der Waals surface area contributed by atoms with E-state index in [4.69, 9.17) is 10.2 Å². The van der Waals surface area contributed by atoms with Crippen molar-refractivity contribution in [1.82, 2.24) is 10.2 Å². The van der Waals surface area contributed by atoms with E-state index in [1.54, 1.807) is 11.0 Å². The van der Waals surface area contributed by atoms with E-state index in [0.29, 0.717) is 38.0 Å². The Bertz CT molecular complexity index is 1050. The van der Waals surface area contributed by atoms with E-state index in [1.165, 1.54) is 0 Å². The molecule has 2 heterocycles. The van der Waals surface area contributed by atoms with Gasteiger partial charge in [0.1, 0.15) is 11.3 Å². The van der Waals surface area contributed by atoms with E-state index in [-0.39, 0.29) is 6.03 Å². The second kappa shape index (κ2) is 7.38. The van der Waals surface area contributed by atoms with Crippen LogP contribution >= 0.6 is 0 Å². The van der Waals surface area contributed by atoms with Gasteiger partial charge in [-0.25, -0.2) is 4.79 Å². The summed E-state index contributed by atoms with van der Waals surface area (Å²) in [6.45, 7) is 3.54. The lowest BCUT2D eigenvalue weighted by atomic mass is 9.94. The molecule has 0 aliphatic carbocycles. The fraction of sp³-hybridized carbons (Fsp3) is 0.273. The van der Waals surface area contributed by atoms with Gasteiger partial charge in [-0.15, -0.1) is 0 Å². The highest BCUT2D eigenvalue weighted by molar-refractivity contribution is 5.94. The van der Waals surface area contributed by atoms with Crippen molar-refractivity contribution in [1.29, 1.82) is 0 Å². The summed E-state index contributed by atoms with van der Waals surface area (Å²) in [5.74, 6) is 0.471. The van der Waals surface area contributed by atoms with Crippen molar-refractivity contribution in [2.75, 3.05) is 13.1 Å². The van der Waals surface area contributed by atoms with Crippen LogP contribution in [0.5, 0.6) is 0 Å². The minimum Gasteiger partial charge on any atom is -0.461 e.